The molecule has 0 aliphatic rings. The van der Waals surface area contributed by atoms with Gasteiger partial charge in [-0.2, -0.15) is 0 Å². The van der Waals surface area contributed by atoms with E-state index < -0.39 is 0 Å². The Labute approximate surface area is 90.3 Å². The van der Waals surface area contributed by atoms with Crippen LogP contribution >= 0.6 is 0 Å². The van der Waals surface area contributed by atoms with Crippen molar-refractivity contribution in [1.29, 1.82) is 0 Å². The van der Waals surface area contributed by atoms with E-state index in [4.69, 9.17) is 0 Å². The molecule has 0 spiro atoms. The summed E-state index contributed by atoms with van der Waals surface area (Å²) in [6.45, 7) is 4.54. The van der Waals surface area contributed by atoms with Crippen LogP contribution in [0, 0.1) is 0 Å². The molecule has 0 nitrogen and oxygen atoms in total. The molecule has 0 radical (unpaired) electrons. The van der Waals surface area contributed by atoms with E-state index in [-0.39, 0.29) is 0 Å². The fourth-order valence-electron chi connectivity index (χ4n) is 1.12. The van der Waals surface area contributed by atoms with Gasteiger partial charge in [0.05, 0.1) is 0 Å². The number of rotatable bonds is 9. The van der Waals surface area contributed by atoms with Gasteiger partial charge in [-0.15, -0.1) is 0 Å². The Hall–Kier alpha value is 0.259. The molecular weight excluding hydrogens is 223 g/mol. The van der Waals surface area contributed by atoms with Gasteiger partial charge in [0, 0.05) is 0 Å². The third kappa shape index (κ3) is 12.3. The van der Waals surface area contributed by atoms with Gasteiger partial charge in [0.1, 0.15) is 0 Å². The Morgan fingerprint density at radius 2 is 1.69 bits per heavy atom. The van der Waals surface area contributed by atoms with Crippen LogP contribution in [0.5, 0.6) is 0 Å². The Bertz CT molecular complexity index is 108. The van der Waals surface area contributed by atoms with Crippen molar-refractivity contribution in [2.24, 2.45) is 0 Å². The summed E-state index contributed by atoms with van der Waals surface area (Å²) < 4.78 is 0. The summed E-state index contributed by atoms with van der Waals surface area (Å²) in [5, 5.41) is 1.44. The van der Waals surface area contributed by atoms with Crippen molar-refractivity contribution in [3.05, 3.63) is 11.1 Å². The van der Waals surface area contributed by atoms with Crippen LogP contribution in [0.1, 0.15) is 58.8 Å². The molecule has 78 valence electrons. The number of hydrogen-bond acceptors (Lipinski definition) is 0. The average Bonchev–Trinajstić information content (AvgIpc) is 2.16. The molecule has 0 amide bonds. The van der Waals surface area contributed by atoms with Gasteiger partial charge in [-0.25, -0.2) is 0 Å². The molecule has 0 aromatic carbocycles. The minimum absolute atomic E-state index is 0.792. The van der Waals surface area contributed by atoms with E-state index in [1.165, 1.54) is 50.3 Å². The van der Waals surface area contributed by atoms with Crippen LogP contribution in [0.15, 0.2) is 11.1 Å². The van der Waals surface area contributed by atoms with Gasteiger partial charge in [0.25, 0.3) is 0 Å². The Morgan fingerprint density at radius 3 is 2.38 bits per heavy atom. The number of hydrogen-bond donors (Lipinski definition) is 0. The van der Waals surface area contributed by atoms with Crippen molar-refractivity contribution < 1.29 is 0 Å². The zero-order valence-electron chi connectivity index (χ0n) is 9.22. The second kappa shape index (κ2) is 12.3. The molecule has 0 rings (SSSR count). The van der Waals surface area contributed by atoms with Gasteiger partial charge in [0.15, 0.2) is 0 Å². The first-order valence-corrected chi connectivity index (χ1v) is 7.88. The summed E-state index contributed by atoms with van der Waals surface area (Å²) in [5.74, 6) is 0. The average molecular weight is 247 g/mol. The quantitative estimate of drug-likeness (QED) is 0.418. The molecular formula is C12H24Se. The van der Waals surface area contributed by atoms with Gasteiger partial charge >= 0.3 is 90.1 Å². The maximum absolute atomic E-state index is 2.43. The molecule has 0 heterocycles. The van der Waals surface area contributed by atoms with Crippen LogP contribution in [0.3, 0.4) is 0 Å². The van der Waals surface area contributed by atoms with Gasteiger partial charge in [-0.05, 0) is 0 Å². The first-order valence-electron chi connectivity index (χ1n) is 5.68. The van der Waals surface area contributed by atoms with E-state index in [0.29, 0.717) is 0 Å². The molecule has 0 fully saturated rings. The Balaban J connectivity index is 2.95. The predicted octanol–water partition coefficient (Wildman–Crippen LogP) is 4.39. The third-order valence-corrected chi connectivity index (χ3v) is 3.94. The van der Waals surface area contributed by atoms with Crippen LogP contribution in [-0.4, -0.2) is 15.0 Å². The molecule has 1 heteroatoms. The van der Waals surface area contributed by atoms with Gasteiger partial charge in [0.2, 0.25) is 0 Å². The molecule has 0 bridgehead atoms. The second-order valence-electron chi connectivity index (χ2n) is 3.45. The van der Waals surface area contributed by atoms with E-state index in [1.54, 1.807) is 0 Å². The summed E-state index contributed by atoms with van der Waals surface area (Å²) in [6, 6.07) is 0. The van der Waals surface area contributed by atoms with Crippen molar-refractivity contribution in [2.75, 3.05) is 0 Å². The molecule has 0 saturated heterocycles. The van der Waals surface area contributed by atoms with Crippen molar-refractivity contribution in [3.63, 3.8) is 0 Å². The van der Waals surface area contributed by atoms with Crippen LogP contribution < -0.4 is 0 Å². The molecule has 0 saturated carbocycles. The van der Waals surface area contributed by atoms with E-state index in [9.17, 15) is 0 Å². The summed E-state index contributed by atoms with van der Waals surface area (Å²) in [4.78, 5) is 2.43. The molecule has 0 atom stereocenters. The molecule has 0 aromatic heterocycles. The molecule has 0 aliphatic carbocycles. The van der Waals surface area contributed by atoms with E-state index in [2.05, 4.69) is 24.9 Å². The van der Waals surface area contributed by atoms with E-state index in [0.717, 1.165) is 15.0 Å². The summed E-state index contributed by atoms with van der Waals surface area (Å²) >= 11 is 0.792. The van der Waals surface area contributed by atoms with Crippen molar-refractivity contribution in [3.8, 4) is 0 Å². The first kappa shape index (κ1) is 13.3. The van der Waals surface area contributed by atoms with Crippen LogP contribution in [0.2, 0.25) is 5.32 Å². The van der Waals surface area contributed by atoms with Gasteiger partial charge < -0.3 is 0 Å². The van der Waals surface area contributed by atoms with E-state index in [1.807, 2.05) is 0 Å². The SMILES string of the molecule is CCCCCC/C=C\[Se]CCCC. The fourth-order valence-corrected chi connectivity index (χ4v) is 2.93. The topological polar surface area (TPSA) is 0 Å². The summed E-state index contributed by atoms with van der Waals surface area (Å²) in [6.07, 6.45) is 12.1. The number of unbranched alkanes of at least 4 members (excludes halogenated alkanes) is 5. The monoisotopic (exact) mass is 248 g/mol. The predicted molar refractivity (Wildman–Crippen MR) is 63.4 cm³/mol. The van der Waals surface area contributed by atoms with Gasteiger partial charge in [-0.3, -0.25) is 0 Å². The Kier molecular flexibility index (Phi) is 12.5. The van der Waals surface area contributed by atoms with Crippen LogP contribution in [-0.2, 0) is 0 Å². The zero-order valence-corrected chi connectivity index (χ0v) is 10.9. The zero-order chi connectivity index (χ0) is 9.78. The van der Waals surface area contributed by atoms with E-state index >= 15 is 0 Å². The molecule has 0 N–H and O–H groups in total. The maximum atomic E-state index is 2.43. The molecule has 13 heavy (non-hydrogen) atoms. The van der Waals surface area contributed by atoms with Gasteiger partial charge in [-0.1, -0.05) is 0 Å². The molecule has 0 aromatic rings. The van der Waals surface area contributed by atoms with Crippen molar-refractivity contribution in [1.82, 2.24) is 0 Å². The standard InChI is InChI=1S/C12H24Se/c1-3-5-7-8-9-10-12-13-11-6-4-2/h10,12H,3-9,11H2,1-2H3/b12-10-. The fraction of sp³-hybridized carbons (Fsp3) is 0.833. The summed E-state index contributed by atoms with van der Waals surface area (Å²) in [7, 11) is 0. The van der Waals surface area contributed by atoms with Crippen molar-refractivity contribution >= 4 is 15.0 Å². The minimum atomic E-state index is 0.792. The third-order valence-electron chi connectivity index (χ3n) is 2.03. The second-order valence-corrected chi connectivity index (χ2v) is 5.57. The molecule has 0 unspecified atom stereocenters. The van der Waals surface area contributed by atoms with Crippen molar-refractivity contribution in [2.45, 2.75) is 64.1 Å². The van der Waals surface area contributed by atoms with Crippen LogP contribution in [0.4, 0.5) is 0 Å². The molecule has 0 aliphatic heterocycles. The number of allylic oxidation sites excluding steroid dienone is 1. The first-order chi connectivity index (χ1) is 6.41. The Morgan fingerprint density at radius 1 is 0.923 bits per heavy atom. The van der Waals surface area contributed by atoms with Crippen LogP contribution in [0.25, 0.3) is 0 Å². The summed E-state index contributed by atoms with van der Waals surface area (Å²) in [5.41, 5.74) is 0. The normalized spacial score (nSPS) is 11.2.